The van der Waals surface area contributed by atoms with Crippen LogP contribution in [0.4, 0.5) is 0 Å². The van der Waals surface area contributed by atoms with Crippen molar-refractivity contribution < 1.29 is 14.7 Å². The number of aliphatic hydroxyl groups is 1. The molecule has 6 nitrogen and oxygen atoms in total. The summed E-state index contributed by atoms with van der Waals surface area (Å²) >= 11 is 0. The van der Waals surface area contributed by atoms with Crippen molar-refractivity contribution in [3.8, 4) is 0 Å². The molecule has 0 radical (unpaired) electrons. The Morgan fingerprint density at radius 3 is 2.71 bits per heavy atom. The van der Waals surface area contributed by atoms with Gasteiger partial charge in [-0.1, -0.05) is 12.8 Å². The molecule has 2 rings (SSSR count). The second-order valence-corrected chi connectivity index (χ2v) is 5.56. The second-order valence-electron chi connectivity index (χ2n) is 5.56. The minimum atomic E-state index is -0.650. The van der Waals surface area contributed by atoms with Crippen molar-refractivity contribution in [2.24, 2.45) is 7.05 Å². The fraction of sp³-hybridized carbons (Fsp3) is 0.600. The molecule has 6 heteroatoms. The lowest BCUT2D eigenvalue weighted by molar-refractivity contribution is -0.139. The first kappa shape index (κ1) is 15.6. The molecule has 1 aliphatic rings. The van der Waals surface area contributed by atoms with E-state index in [2.05, 4.69) is 10.6 Å². The van der Waals surface area contributed by atoms with Crippen LogP contribution in [0.15, 0.2) is 18.3 Å². The first-order chi connectivity index (χ1) is 10.1. The summed E-state index contributed by atoms with van der Waals surface area (Å²) in [7, 11) is 1.85. The van der Waals surface area contributed by atoms with E-state index in [0.29, 0.717) is 6.42 Å². The summed E-state index contributed by atoms with van der Waals surface area (Å²) in [6, 6.07) is 3.82. The highest BCUT2D eigenvalue weighted by molar-refractivity contribution is 6.35. The molecule has 116 valence electrons. The van der Waals surface area contributed by atoms with Crippen LogP contribution >= 0.6 is 0 Å². The number of carbonyl (C=O) groups excluding carboxylic acids is 2. The summed E-state index contributed by atoms with van der Waals surface area (Å²) in [4.78, 5) is 23.3. The Balaban J connectivity index is 1.69. The number of nitrogens with one attached hydrogen (secondary N) is 2. The van der Waals surface area contributed by atoms with E-state index in [0.717, 1.165) is 31.4 Å². The van der Waals surface area contributed by atoms with Gasteiger partial charge < -0.3 is 20.3 Å². The molecule has 3 N–H and O–H groups in total. The molecule has 1 atom stereocenters. The number of hydrogen-bond donors (Lipinski definition) is 3. The average Bonchev–Trinajstić information content (AvgIpc) is 3.09. The highest BCUT2D eigenvalue weighted by Gasteiger charge is 2.21. The largest absolute Gasteiger partial charge is 0.387 e. The average molecular weight is 293 g/mol. The van der Waals surface area contributed by atoms with Gasteiger partial charge in [0.1, 0.15) is 0 Å². The molecule has 1 aromatic heterocycles. The highest BCUT2D eigenvalue weighted by atomic mass is 16.3. The van der Waals surface area contributed by atoms with Crippen LogP contribution in [0.25, 0.3) is 0 Å². The van der Waals surface area contributed by atoms with E-state index in [-0.39, 0.29) is 12.6 Å². The first-order valence-corrected chi connectivity index (χ1v) is 7.46. The maximum atomic E-state index is 11.7. The van der Waals surface area contributed by atoms with Crippen LogP contribution < -0.4 is 10.6 Å². The molecular formula is C15H23N3O3. The second kappa shape index (κ2) is 7.26. The summed E-state index contributed by atoms with van der Waals surface area (Å²) in [6.45, 7) is 0.267. The number of aryl methyl sites for hydroxylation is 1. The van der Waals surface area contributed by atoms with Crippen molar-refractivity contribution in [1.29, 1.82) is 0 Å². The molecule has 0 bridgehead atoms. The number of aromatic nitrogens is 1. The Hall–Kier alpha value is -1.82. The Labute approximate surface area is 124 Å². The summed E-state index contributed by atoms with van der Waals surface area (Å²) in [5.74, 6) is -1.20. The van der Waals surface area contributed by atoms with E-state index in [1.54, 1.807) is 0 Å². The predicted octanol–water partition coefficient (Wildman–Crippen LogP) is 0.624. The number of aliphatic hydroxyl groups excluding tert-OH is 1. The summed E-state index contributed by atoms with van der Waals surface area (Å²) in [5.41, 5.74) is 0.791. The van der Waals surface area contributed by atoms with Gasteiger partial charge in [0.2, 0.25) is 0 Å². The van der Waals surface area contributed by atoms with Gasteiger partial charge in [-0.05, 0) is 31.4 Å². The molecule has 1 aromatic rings. The van der Waals surface area contributed by atoms with Gasteiger partial charge in [-0.3, -0.25) is 9.59 Å². The van der Waals surface area contributed by atoms with Crippen LogP contribution in [-0.2, 0) is 16.6 Å². The van der Waals surface area contributed by atoms with Crippen molar-refractivity contribution in [3.05, 3.63) is 24.0 Å². The summed E-state index contributed by atoms with van der Waals surface area (Å²) in [5, 5.41) is 15.3. The van der Waals surface area contributed by atoms with E-state index in [4.69, 9.17) is 0 Å². The minimum Gasteiger partial charge on any atom is -0.387 e. The Morgan fingerprint density at radius 1 is 1.38 bits per heavy atom. The van der Waals surface area contributed by atoms with Crippen LogP contribution in [0.3, 0.4) is 0 Å². The van der Waals surface area contributed by atoms with Gasteiger partial charge in [0.15, 0.2) is 0 Å². The van der Waals surface area contributed by atoms with Crippen LogP contribution in [0, 0.1) is 0 Å². The number of hydrogen-bond acceptors (Lipinski definition) is 3. The summed E-state index contributed by atoms with van der Waals surface area (Å²) in [6.07, 6.45) is 5.69. The monoisotopic (exact) mass is 293 g/mol. The molecule has 2 amide bonds. The van der Waals surface area contributed by atoms with Gasteiger partial charge in [0, 0.05) is 31.5 Å². The Morgan fingerprint density at radius 2 is 2.10 bits per heavy atom. The van der Waals surface area contributed by atoms with Crippen molar-refractivity contribution in [3.63, 3.8) is 0 Å². The van der Waals surface area contributed by atoms with Gasteiger partial charge in [-0.25, -0.2) is 0 Å². The van der Waals surface area contributed by atoms with Crippen molar-refractivity contribution in [1.82, 2.24) is 15.2 Å². The van der Waals surface area contributed by atoms with Gasteiger partial charge in [0.05, 0.1) is 6.10 Å². The zero-order valence-corrected chi connectivity index (χ0v) is 12.3. The van der Waals surface area contributed by atoms with Gasteiger partial charge in [0.25, 0.3) is 0 Å². The lowest BCUT2D eigenvalue weighted by atomic mass is 10.2. The van der Waals surface area contributed by atoms with Crippen LogP contribution in [-0.4, -0.2) is 34.1 Å². The molecule has 0 unspecified atom stereocenters. The zero-order chi connectivity index (χ0) is 15.2. The third-order valence-corrected chi connectivity index (χ3v) is 3.93. The van der Waals surface area contributed by atoms with Crippen LogP contribution in [0.2, 0.25) is 0 Å². The SMILES string of the molecule is Cn1cccc1[C@@H](O)CCNC(=O)C(=O)NC1CCCC1. The number of rotatable bonds is 5. The molecule has 0 spiro atoms. The topological polar surface area (TPSA) is 83.4 Å². The van der Waals surface area contributed by atoms with Crippen LogP contribution in [0.1, 0.15) is 43.9 Å². The first-order valence-electron chi connectivity index (χ1n) is 7.46. The van der Waals surface area contributed by atoms with Gasteiger partial charge in [-0.15, -0.1) is 0 Å². The van der Waals surface area contributed by atoms with E-state index in [1.165, 1.54) is 0 Å². The maximum absolute atomic E-state index is 11.7. The zero-order valence-electron chi connectivity index (χ0n) is 12.3. The normalized spacial score (nSPS) is 16.7. The molecule has 0 saturated heterocycles. The Bertz CT molecular complexity index is 492. The van der Waals surface area contributed by atoms with E-state index in [1.807, 2.05) is 29.9 Å². The minimum absolute atomic E-state index is 0.136. The quantitative estimate of drug-likeness (QED) is 0.696. The van der Waals surface area contributed by atoms with E-state index < -0.39 is 17.9 Å². The third kappa shape index (κ3) is 4.32. The molecule has 1 saturated carbocycles. The molecular weight excluding hydrogens is 270 g/mol. The molecule has 21 heavy (non-hydrogen) atoms. The Kier molecular flexibility index (Phi) is 5.38. The van der Waals surface area contributed by atoms with E-state index in [9.17, 15) is 14.7 Å². The molecule has 1 heterocycles. The number of nitrogens with zero attached hydrogens (tertiary/aromatic N) is 1. The fourth-order valence-corrected chi connectivity index (χ4v) is 2.69. The lowest BCUT2D eigenvalue weighted by Gasteiger charge is -2.14. The predicted molar refractivity (Wildman–Crippen MR) is 78.4 cm³/mol. The maximum Gasteiger partial charge on any atom is 0.309 e. The van der Waals surface area contributed by atoms with E-state index >= 15 is 0 Å². The van der Waals surface area contributed by atoms with Gasteiger partial charge in [-0.2, -0.15) is 0 Å². The number of amides is 2. The highest BCUT2D eigenvalue weighted by Crippen LogP contribution is 2.17. The third-order valence-electron chi connectivity index (χ3n) is 3.93. The fourth-order valence-electron chi connectivity index (χ4n) is 2.69. The molecule has 0 aliphatic heterocycles. The standard InChI is InChI=1S/C15H23N3O3/c1-18-10-4-7-12(18)13(19)8-9-16-14(20)15(21)17-11-5-2-3-6-11/h4,7,10-11,13,19H,2-3,5-6,8-9H2,1H3,(H,16,20)(H,17,21)/t13-/m0/s1. The van der Waals surface area contributed by atoms with Crippen molar-refractivity contribution in [2.75, 3.05) is 6.54 Å². The summed E-state index contributed by atoms with van der Waals surface area (Å²) < 4.78 is 1.83. The van der Waals surface area contributed by atoms with Crippen molar-refractivity contribution in [2.45, 2.75) is 44.2 Å². The molecule has 1 aliphatic carbocycles. The number of carbonyl (C=O) groups is 2. The molecule has 1 fully saturated rings. The van der Waals surface area contributed by atoms with Crippen molar-refractivity contribution >= 4 is 11.8 Å². The smallest absolute Gasteiger partial charge is 0.309 e. The lowest BCUT2D eigenvalue weighted by Crippen LogP contribution is -2.44. The van der Waals surface area contributed by atoms with Gasteiger partial charge >= 0.3 is 11.8 Å². The van der Waals surface area contributed by atoms with Crippen LogP contribution in [0.5, 0.6) is 0 Å². The molecule has 0 aromatic carbocycles.